The maximum absolute atomic E-state index is 13.0. The number of pyridine rings is 1. The van der Waals surface area contributed by atoms with Gasteiger partial charge in [0.05, 0.1) is 13.1 Å². The number of piperazine rings is 1. The van der Waals surface area contributed by atoms with Crippen LogP contribution < -0.4 is 20.3 Å². The minimum absolute atomic E-state index is 0. The monoisotopic (exact) mass is 570 g/mol. The first-order chi connectivity index (χ1) is 15.6. The van der Waals surface area contributed by atoms with Gasteiger partial charge in [0.2, 0.25) is 0 Å². The number of nitrogens with one attached hydrogen (secondary N) is 2. The average molecular weight is 570 g/mol. The van der Waals surface area contributed by atoms with E-state index >= 15 is 0 Å². The summed E-state index contributed by atoms with van der Waals surface area (Å²) in [6.45, 7) is 13.4. The fraction of sp³-hybridized carbons (Fsp3) is 0.500. The first kappa shape index (κ1) is 27.1. The van der Waals surface area contributed by atoms with E-state index in [2.05, 4.69) is 49.5 Å². The Balaban J connectivity index is 0.00000385. The molecule has 1 fully saturated rings. The largest absolute Gasteiger partial charge is 0.489 e. The number of aromatic nitrogens is 1. The Morgan fingerprint density at radius 2 is 1.82 bits per heavy atom. The van der Waals surface area contributed by atoms with Gasteiger partial charge in [0, 0.05) is 38.9 Å². The molecule has 0 aliphatic carbocycles. The lowest BCUT2D eigenvalue weighted by molar-refractivity contribution is 0.223. The van der Waals surface area contributed by atoms with Crippen LogP contribution in [0.2, 0.25) is 0 Å². The summed E-state index contributed by atoms with van der Waals surface area (Å²) in [7, 11) is 0. The molecule has 2 aromatic rings. The molecule has 3 rings (SSSR count). The fourth-order valence-corrected chi connectivity index (χ4v) is 3.53. The summed E-state index contributed by atoms with van der Waals surface area (Å²) in [5.41, 5.74) is 1.06. The Labute approximate surface area is 213 Å². The molecule has 9 heteroatoms. The summed E-state index contributed by atoms with van der Waals surface area (Å²) in [6, 6.07) is 10.2. The summed E-state index contributed by atoms with van der Waals surface area (Å²) in [5.74, 6) is 2.13. The lowest BCUT2D eigenvalue weighted by atomic mass is 10.2. The number of likely N-dealkylation sites (N-methyl/N-ethyl adjacent to an activating group) is 1. The van der Waals surface area contributed by atoms with Crippen molar-refractivity contribution in [2.75, 3.05) is 50.7 Å². The number of ether oxygens (including phenoxy) is 1. The van der Waals surface area contributed by atoms with Crippen molar-refractivity contribution in [3.05, 3.63) is 54.0 Å². The van der Waals surface area contributed by atoms with Crippen LogP contribution in [0.25, 0.3) is 0 Å². The van der Waals surface area contributed by atoms with Crippen molar-refractivity contribution in [3.8, 4) is 5.75 Å². The van der Waals surface area contributed by atoms with Gasteiger partial charge in [-0.05, 0) is 56.3 Å². The van der Waals surface area contributed by atoms with Crippen molar-refractivity contribution < 1.29 is 9.13 Å². The zero-order chi connectivity index (χ0) is 22.8. The van der Waals surface area contributed by atoms with Gasteiger partial charge < -0.3 is 25.2 Å². The van der Waals surface area contributed by atoms with Gasteiger partial charge in [-0.2, -0.15) is 0 Å². The molecule has 1 aromatic heterocycles. The van der Waals surface area contributed by atoms with Crippen molar-refractivity contribution in [2.24, 2.45) is 4.99 Å². The second-order valence-electron chi connectivity index (χ2n) is 7.90. The molecule has 1 aliphatic heterocycles. The lowest BCUT2D eigenvalue weighted by Gasteiger charge is -2.34. The summed E-state index contributed by atoms with van der Waals surface area (Å²) in [5, 5.41) is 6.55. The maximum Gasteiger partial charge on any atom is 0.191 e. The molecule has 0 bridgehead atoms. The molecule has 2 heterocycles. The van der Waals surface area contributed by atoms with Gasteiger partial charge in [-0.15, -0.1) is 24.0 Å². The molecular weight excluding hydrogens is 534 g/mol. The number of halogens is 2. The van der Waals surface area contributed by atoms with E-state index < -0.39 is 0 Å². The van der Waals surface area contributed by atoms with Gasteiger partial charge in [0.15, 0.2) is 5.96 Å². The molecule has 0 saturated carbocycles. The number of hydrogen-bond acceptors (Lipinski definition) is 5. The highest BCUT2D eigenvalue weighted by Crippen LogP contribution is 2.15. The molecular formula is C24H36FIN6O. The number of rotatable bonds is 9. The highest BCUT2D eigenvalue weighted by Gasteiger charge is 2.16. The normalized spacial score (nSPS) is 15.5. The van der Waals surface area contributed by atoms with E-state index in [4.69, 9.17) is 4.74 Å². The molecule has 33 heavy (non-hydrogen) atoms. The third kappa shape index (κ3) is 8.96. The number of aliphatic imine (C=N–C) groups is 1. The molecule has 1 aromatic carbocycles. The van der Waals surface area contributed by atoms with Gasteiger partial charge in [-0.25, -0.2) is 14.4 Å². The lowest BCUT2D eigenvalue weighted by Crippen LogP contribution is -2.46. The Morgan fingerprint density at radius 3 is 2.42 bits per heavy atom. The summed E-state index contributed by atoms with van der Waals surface area (Å²) in [6.07, 6.45) is 1.81. The van der Waals surface area contributed by atoms with Gasteiger partial charge in [-0.1, -0.05) is 13.0 Å². The molecule has 182 valence electrons. The fourth-order valence-electron chi connectivity index (χ4n) is 3.53. The number of guanidine groups is 1. The predicted octanol–water partition coefficient (Wildman–Crippen LogP) is 3.50. The van der Waals surface area contributed by atoms with Crippen LogP contribution in [-0.2, 0) is 6.54 Å². The van der Waals surface area contributed by atoms with Gasteiger partial charge >= 0.3 is 0 Å². The average Bonchev–Trinajstić information content (AvgIpc) is 2.83. The zero-order valence-corrected chi connectivity index (χ0v) is 22.1. The van der Waals surface area contributed by atoms with Crippen molar-refractivity contribution >= 4 is 35.8 Å². The van der Waals surface area contributed by atoms with Gasteiger partial charge in [0.1, 0.15) is 23.5 Å². The van der Waals surface area contributed by atoms with Crippen LogP contribution in [-0.4, -0.2) is 67.8 Å². The smallest absolute Gasteiger partial charge is 0.191 e. The van der Waals surface area contributed by atoms with Crippen molar-refractivity contribution in [1.29, 1.82) is 0 Å². The summed E-state index contributed by atoms with van der Waals surface area (Å²) >= 11 is 0. The second-order valence-corrected chi connectivity index (χ2v) is 7.90. The Hall–Kier alpha value is -2.14. The maximum atomic E-state index is 13.0. The number of anilines is 1. The molecule has 1 unspecified atom stereocenters. The van der Waals surface area contributed by atoms with Gasteiger partial charge in [-0.3, -0.25) is 0 Å². The van der Waals surface area contributed by atoms with Crippen molar-refractivity contribution in [1.82, 2.24) is 20.5 Å². The van der Waals surface area contributed by atoms with Crippen LogP contribution in [0.3, 0.4) is 0 Å². The van der Waals surface area contributed by atoms with E-state index in [-0.39, 0.29) is 35.9 Å². The molecule has 1 aliphatic rings. The van der Waals surface area contributed by atoms with Crippen molar-refractivity contribution in [3.63, 3.8) is 0 Å². The van der Waals surface area contributed by atoms with E-state index in [1.807, 2.05) is 20.0 Å². The zero-order valence-electron chi connectivity index (χ0n) is 19.8. The number of nitrogens with zero attached hydrogens (tertiary/aromatic N) is 4. The molecule has 1 atom stereocenters. The molecule has 0 spiro atoms. The van der Waals surface area contributed by atoms with Crippen LogP contribution >= 0.6 is 24.0 Å². The van der Waals surface area contributed by atoms with Crippen LogP contribution in [0, 0.1) is 5.82 Å². The molecule has 0 radical (unpaired) electrons. The molecule has 2 N–H and O–H groups in total. The SMILES string of the molecule is CCNC(=NCc1ccc(N2CCN(CC)CC2)nc1)NCC(C)Oc1ccc(F)cc1.I. The first-order valence-corrected chi connectivity index (χ1v) is 11.4. The third-order valence-electron chi connectivity index (χ3n) is 5.42. The second kappa shape index (κ2) is 14.2. The molecule has 7 nitrogen and oxygen atoms in total. The van der Waals surface area contributed by atoms with Crippen LogP contribution in [0.15, 0.2) is 47.6 Å². The van der Waals surface area contributed by atoms with Gasteiger partial charge in [0.25, 0.3) is 0 Å². The quantitative estimate of drug-likeness (QED) is 0.274. The van der Waals surface area contributed by atoms with Crippen LogP contribution in [0.1, 0.15) is 26.3 Å². The van der Waals surface area contributed by atoms with Crippen LogP contribution in [0.5, 0.6) is 5.75 Å². The minimum Gasteiger partial charge on any atom is -0.489 e. The Kier molecular flexibility index (Phi) is 11.7. The molecule has 1 saturated heterocycles. The number of benzene rings is 1. The van der Waals surface area contributed by atoms with E-state index in [1.54, 1.807) is 12.1 Å². The van der Waals surface area contributed by atoms with E-state index in [0.717, 1.165) is 56.6 Å². The van der Waals surface area contributed by atoms with E-state index in [1.165, 1.54) is 12.1 Å². The number of hydrogen-bond donors (Lipinski definition) is 2. The minimum atomic E-state index is -0.272. The van der Waals surface area contributed by atoms with E-state index in [9.17, 15) is 4.39 Å². The standard InChI is InChI=1S/C24H35FN6O.HI/c1-4-26-24(28-16-19(3)32-22-9-7-21(25)8-10-22)29-18-20-6-11-23(27-17-20)31-14-12-30(5-2)13-15-31;/h6-11,17,19H,4-5,12-16,18H2,1-3H3,(H2,26,28,29);1H. The summed E-state index contributed by atoms with van der Waals surface area (Å²) in [4.78, 5) is 14.1. The third-order valence-corrected chi connectivity index (χ3v) is 5.42. The van der Waals surface area contributed by atoms with E-state index in [0.29, 0.717) is 18.8 Å². The predicted molar refractivity (Wildman–Crippen MR) is 143 cm³/mol. The van der Waals surface area contributed by atoms with Crippen LogP contribution in [0.4, 0.5) is 10.2 Å². The molecule has 0 amide bonds. The highest BCUT2D eigenvalue weighted by atomic mass is 127. The Morgan fingerprint density at radius 1 is 1.09 bits per heavy atom. The first-order valence-electron chi connectivity index (χ1n) is 11.4. The topological polar surface area (TPSA) is 65.0 Å². The highest BCUT2D eigenvalue weighted by molar-refractivity contribution is 14.0. The Bertz CT molecular complexity index is 841. The van der Waals surface area contributed by atoms with Crippen molar-refractivity contribution in [2.45, 2.75) is 33.4 Å². The summed E-state index contributed by atoms with van der Waals surface area (Å²) < 4.78 is 18.8.